The van der Waals surface area contributed by atoms with E-state index >= 15 is 0 Å². The molecule has 6 heteroatoms. The Labute approximate surface area is 155 Å². The van der Waals surface area contributed by atoms with Gasteiger partial charge in [-0.15, -0.1) is 0 Å². The minimum Gasteiger partial charge on any atom is -0.364 e. The molecule has 0 bridgehead atoms. The van der Waals surface area contributed by atoms with Crippen molar-refractivity contribution in [1.29, 1.82) is 0 Å². The lowest BCUT2D eigenvalue weighted by Crippen LogP contribution is -2.42. The van der Waals surface area contributed by atoms with Crippen LogP contribution < -0.4 is 11.1 Å². The van der Waals surface area contributed by atoms with Crippen LogP contribution in [0.2, 0.25) is 0 Å². The number of hydrogen-bond donors (Lipinski definition) is 2. The molecule has 26 heavy (non-hydrogen) atoms. The number of anilines is 1. The predicted molar refractivity (Wildman–Crippen MR) is 101 cm³/mol. The normalized spacial score (nSPS) is 26.0. The Bertz CT molecular complexity index is 676. The number of likely N-dealkylation sites (tertiary alicyclic amines) is 1. The summed E-state index contributed by atoms with van der Waals surface area (Å²) in [5, 5.41) is 2.92. The van der Waals surface area contributed by atoms with Crippen LogP contribution in [-0.2, 0) is 9.53 Å². The number of nitrogens with two attached hydrogens (primary N) is 1. The molecule has 0 aliphatic carbocycles. The van der Waals surface area contributed by atoms with Gasteiger partial charge in [0, 0.05) is 30.4 Å². The van der Waals surface area contributed by atoms with Crippen LogP contribution in [0.3, 0.4) is 0 Å². The highest BCUT2D eigenvalue weighted by Crippen LogP contribution is 2.24. The number of amides is 2. The van der Waals surface area contributed by atoms with Crippen molar-refractivity contribution in [1.82, 2.24) is 4.90 Å². The highest BCUT2D eigenvalue weighted by Gasteiger charge is 2.30. The molecule has 3 atom stereocenters. The maximum Gasteiger partial charge on any atom is 0.254 e. The molecule has 142 valence electrons. The number of nitrogens with one attached hydrogen (secondary N) is 1. The maximum absolute atomic E-state index is 12.8. The summed E-state index contributed by atoms with van der Waals surface area (Å²) in [6, 6.07) is 5.75. The number of piperidine rings is 1. The Morgan fingerprint density at radius 3 is 2.73 bits per heavy atom. The Morgan fingerprint density at radius 1 is 1.27 bits per heavy atom. The van der Waals surface area contributed by atoms with Crippen molar-refractivity contribution in [3.05, 3.63) is 29.3 Å². The van der Waals surface area contributed by atoms with E-state index in [1.54, 1.807) is 6.07 Å². The molecule has 2 heterocycles. The van der Waals surface area contributed by atoms with E-state index in [2.05, 4.69) is 12.2 Å². The summed E-state index contributed by atoms with van der Waals surface area (Å²) in [7, 11) is 0. The standard InChI is InChI=1S/C20H29N3O3/c1-13-11-15(20(25)23-10-4-3-5-14(23)2)6-8-17(13)22-19(24)18-9-7-16(12-21)26-18/h6,8,11,14,16,18H,3-5,7,9-10,12,21H2,1-2H3,(H,22,24)/t14?,16-,18+/m1/s1. The molecule has 6 nitrogen and oxygen atoms in total. The molecule has 1 aromatic carbocycles. The number of aryl methyl sites for hydroxylation is 1. The number of nitrogens with zero attached hydrogens (tertiary/aromatic N) is 1. The Balaban J connectivity index is 1.66. The second-order valence-corrected chi connectivity index (χ2v) is 7.42. The molecular weight excluding hydrogens is 330 g/mol. The number of carbonyl (C=O) groups excluding carboxylic acids is 2. The van der Waals surface area contributed by atoms with Gasteiger partial charge in [0.2, 0.25) is 0 Å². The minimum absolute atomic E-state index is 0.0293. The van der Waals surface area contributed by atoms with Crippen LogP contribution in [0.4, 0.5) is 5.69 Å². The monoisotopic (exact) mass is 359 g/mol. The highest BCUT2D eigenvalue weighted by molar-refractivity contribution is 5.98. The topological polar surface area (TPSA) is 84.7 Å². The average molecular weight is 359 g/mol. The van der Waals surface area contributed by atoms with Gasteiger partial charge in [-0.3, -0.25) is 9.59 Å². The van der Waals surface area contributed by atoms with Crippen molar-refractivity contribution < 1.29 is 14.3 Å². The van der Waals surface area contributed by atoms with E-state index in [1.165, 1.54) is 6.42 Å². The zero-order valence-corrected chi connectivity index (χ0v) is 15.7. The number of ether oxygens (including phenoxy) is 1. The zero-order valence-electron chi connectivity index (χ0n) is 15.7. The van der Waals surface area contributed by atoms with Crippen LogP contribution >= 0.6 is 0 Å². The fourth-order valence-corrected chi connectivity index (χ4v) is 3.79. The number of rotatable bonds is 4. The molecule has 2 saturated heterocycles. The summed E-state index contributed by atoms with van der Waals surface area (Å²) in [4.78, 5) is 27.1. The van der Waals surface area contributed by atoms with Gasteiger partial charge < -0.3 is 20.7 Å². The number of hydrogen-bond acceptors (Lipinski definition) is 4. The number of carbonyl (C=O) groups is 2. The first-order chi connectivity index (χ1) is 12.5. The summed E-state index contributed by atoms with van der Waals surface area (Å²) in [6.45, 7) is 5.27. The smallest absolute Gasteiger partial charge is 0.254 e. The van der Waals surface area contributed by atoms with Crippen LogP contribution in [0.25, 0.3) is 0 Å². The second-order valence-electron chi connectivity index (χ2n) is 7.42. The van der Waals surface area contributed by atoms with Crippen LogP contribution in [0.5, 0.6) is 0 Å². The van der Waals surface area contributed by atoms with Crippen molar-refractivity contribution in [2.24, 2.45) is 5.73 Å². The molecule has 2 amide bonds. The summed E-state index contributed by atoms with van der Waals surface area (Å²) in [5.41, 5.74) is 7.87. The molecule has 0 spiro atoms. The van der Waals surface area contributed by atoms with Gasteiger partial charge in [-0.1, -0.05) is 0 Å². The molecule has 0 saturated carbocycles. The fraction of sp³-hybridized carbons (Fsp3) is 0.600. The molecular formula is C20H29N3O3. The minimum atomic E-state index is -0.446. The number of benzene rings is 1. The first kappa shape index (κ1) is 18.9. The summed E-state index contributed by atoms with van der Waals surface area (Å²) >= 11 is 0. The summed E-state index contributed by atoms with van der Waals surface area (Å²) in [6.07, 6.45) is 4.34. The van der Waals surface area contributed by atoms with Crippen LogP contribution in [-0.4, -0.2) is 48.1 Å². The summed E-state index contributed by atoms with van der Waals surface area (Å²) < 4.78 is 5.64. The van der Waals surface area contributed by atoms with Crippen LogP contribution in [0, 0.1) is 6.92 Å². The summed E-state index contributed by atoms with van der Waals surface area (Å²) in [5.74, 6) is -0.0733. The quantitative estimate of drug-likeness (QED) is 0.865. The lowest BCUT2D eigenvalue weighted by molar-refractivity contribution is -0.126. The second kappa shape index (κ2) is 8.18. The van der Waals surface area contributed by atoms with Crippen LogP contribution in [0.1, 0.15) is 54.9 Å². The van der Waals surface area contributed by atoms with Gasteiger partial charge in [0.05, 0.1) is 6.10 Å². The molecule has 1 aromatic rings. The highest BCUT2D eigenvalue weighted by atomic mass is 16.5. The fourth-order valence-electron chi connectivity index (χ4n) is 3.79. The first-order valence-electron chi connectivity index (χ1n) is 9.57. The lowest BCUT2D eigenvalue weighted by Gasteiger charge is -2.33. The van der Waals surface area contributed by atoms with Crippen molar-refractivity contribution in [2.75, 3.05) is 18.4 Å². The van der Waals surface area contributed by atoms with Gasteiger partial charge in [-0.2, -0.15) is 0 Å². The van der Waals surface area contributed by atoms with Gasteiger partial charge in [0.15, 0.2) is 0 Å². The van der Waals surface area contributed by atoms with E-state index < -0.39 is 6.10 Å². The van der Waals surface area contributed by atoms with Crippen LogP contribution in [0.15, 0.2) is 18.2 Å². The molecule has 2 aliphatic rings. The Kier molecular flexibility index (Phi) is 5.94. The van der Waals surface area contributed by atoms with E-state index in [0.29, 0.717) is 18.5 Å². The maximum atomic E-state index is 12.8. The third kappa shape index (κ3) is 4.07. The van der Waals surface area contributed by atoms with E-state index in [0.717, 1.165) is 37.1 Å². The molecule has 2 fully saturated rings. The molecule has 0 radical (unpaired) electrons. The van der Waals surface area contributed by atoms with E-state index in [4.69, 9.17) is 10.5 Å². The third-order valence-corrected chi connectivity index (χ3v) is 5.46. The van der Waals surface area contributed by atoms with E-state index in [9.17, 15) is 9.59 Å². The molecule has 1 unspecified atom stereocenters. The first-order valence-corrected chi connectivity index (χ1v) is 9.57. The van der Waals surface area contributed by atoms with Gasteiger partial charge in [0.25, 0.3) is 11.8 Å². The van der Waals surface area contributed by atoms with Gasteiger partial charge in [0.1, 0.15) is 6.10 Å². The van der Waals surface area contributed by atoms with Gasteiger partial charge in [-0.25, -0.2) is 0 Å². The van der Waals surface area contributed by atoms with Crippen molar-refractivity contribution in [2.45, 2.75) is 64.2 Å². The van der Waals surface area contributed by atoms with Crippen molar-refractivity contribution in [3.8, 4) is 0 Å². The zero-order chi connectivity index (χ0) is 18.7. The van der Waals surface area contributed by atoms with Crippen molar-refractivity contribution in [3.63, 3.8) is 0 Å². The Hall–Kier alpha value is -1.92. The lowest BCUT2D eigenvalue weighted by atomic mass is 10.0. The van der Waals surface area contributed by atoms with Gasteiger partial charge >= 0.3 is 0 Å². The van der Waals surface area contributed by atoms with Crippen molar-refractivity contribution >= 4 is 17.5 Å². The van der Waals surface area contributed by atoms with Gasteiger partial charge in [-0.05, 0) is 69.7 Å². The predicted octanol–water partition coefficient (Wildman–Crippen LogP) is 2.45. The Morgan fingerprint density at radius 2 is 2.08 bits per heavy atom. The van der Waals surface area contributed by atoms with E-state index in [1.807, 2.05) is 24.0 Å². The molecule has 3 N–H and O–H groups in total. The van der Waals surface area contributed by atoms with E-state index in [-0.39, 0.29) is 24.0 Å². The third-order valence-electron chi connectivity index (χ3n) is 5.46. The molecule has 3 rings (SSSR count). The average Bonchev–Trinajstić information content (AvgIpc) is 3.12. The molecule has 2 aliphatic heterocycles. The molecule has 0 aromatic heterocycles. The SMILES string of the molecule is Cc1cc(C(=O)N2CCCCC2C)ccc1NC(=O)[C@@H]1CC[C@H](CN)O1. The largest absolute Gasteiger partial charge is 0.364 e.